The van der Waals surface area contributed by atoms with Gasteiger partial charge in [-0.3, -0.25) is 4.79 Å². The Hall–Kier alpha value is -2.01. The minimum absolute atomic E-state index is 0.165. The molecular formula is C16H14BrNO3. The molecule has 0 atom stereocenters. The molecule has 1 aliphatic heterocycles. The number of carbonyl (C=O) groups excluding carboxylic acids is 1. The summed E-state index contributed by atoms with van der Waals surface area (Å²) < 4.78 is 11.5. The van der Waals surface area contributed by atoms with Gasteiger partial charge in [0.1, 0.15) is 0 Å². The lowest BCUT2D eigenvalue weighted by Gasteiger charge is -2.12. The average molecular weight is 348 g/mol. The standard InChI is InChI=1S/C16H14BrNO3/c1-9-5-12(17)6-10(2)15(9)18-16(19)11-3-4-13-14(7-11)21-8-20-13/h3-7H,8H2,1-2H3,(H,18,19). The number of fused-ring (bicyclic) bond motifs is 1. The number of benzene rings is 2. The zero-order valence-corrected chi connectivity index (χ0v) is 13.3. The van der Waals surface area contributed by atoms with Gasteiger partial charge >= 0.3 is 0 Å². The summed E-state index contributed by atoms with van der Waals surface area (Å²) >= 11 is 3.45. The number of nitrogens with one attached hydrogen (secondary N) is 1. The van der Waals surface area contributed by atoms with E-state index < -0.39 is 0 Å². The number of carbonyl (C=O) groups is 1. The Morgan fingerprint density at radius 3 is 2.48 bits per heavy atom. The van der Waals surface area contributed by atoms with Crippen molar-refractivity contribution in [3.05, 3.63) is 51.5 Å². The van der Waals surface area contributed by atoms with E-state index in [0.29, 0.717) is 17.1 Å². The first-order chi connectivity index (χ1) is 10.0. The van der Waals surface area contributed by atoms with Crippen LogP contribution in [0, 0.1) is 13.8 Å². The van der Waals surface area contributed by atoms with E-state index in [-0.39, 0.29) is 12.7 Å². The normalized spacial score (nSPS) is 12.3. The minimum atomic E-state index is -0.165. The van der Waals surface area contributed by atoms with Crippen molar-refractivity contribution in [1.29, 1.82) is 0 Å². The number of amides is 1. The van der Waals surface area contributed by atoms with Crippen molar-refractivity contribution < 1.29 is 14.3 Å². The molecule has 0 fully saturated rings. The van der Waals surface area contributed by atoms with Gasteiger partial charge in [0.25, 0.3) is 5.91 Å². The van der Waals surface area contributed by atoms with E-state index in [1.165, 1.54) is 0 Å². The smallest absolute Gasteiger partial charge is 0.255 e. The summed E-state index contributed by atoms with van der Waals surface area (Å²) in [6.45, 7) is 4.13. The molecule has 4 nitrogen and oxygen atoms in total. The van der Waals surface area contributed by atoms with Gasteiger partial charge in [0.15, 0.2) is 11.5 Å². The summed E-state index contributed by atoms with van der Waals surface area (Å²) in [6, 6.07) is 9.12. The zero-order valence-electron chi connectivity index (χ0n) is 11.7. The van der Waals surface area contributed by atoms with Crippen LogP contribution in [0.5, 0.6) is 11.5 Å². The predicted molar refractivity (Wildman–Crippen MR) is 84.1 cm³/mol. The highest BCUT2D eigenvalue weighted by Crippen LogP contribution is 2.33. The van der Waals surface area contributed by atoms with Crippen LogP contribution in [0.15, 0.2) is 34.8 Å². The fraction of sp³-hybridized carbons (Fsp3) is 0.188. The lowest BCUT2D eigenvalue weighted by molar-refractivity contribution is 0.102. The second-order valence-corrected chi connectivity index (χ2v) is 5.85. The topological polar surface area (TPSA) is 47.6 Å². The van der Waals surface area contributed by atoms with Gasteiger partial charge in [-0.15, -0.1) is 0 Å². The van der Waals surface area contributed by atoms with Crippen LogP contribution in [0.1, 0.15) is 21.5 Å². The van der Waals surface area contributed by atoms with E-state index >= 15 is 0 Å². The molecule has 0 radical (unpaired) electrons. The quantitative estimate of drug-likeness (QED) is 0.891. The first kappa shape index (κ1) is 13.9. The highest BCUT2D eigenvalue weighted by molar-refractivity contribution is 9.10. The number of anilines is 1. The van der Waals surface area contributed by atoms with E-state index in [0.717, 1.165) is 21.3 Å². The number of halogens is 1. The average Bonchev–Trinajstić information content (AvgIpc) is 2.89. The molecule has 1 aliphatic rings. The van der Waals surface area contributed by atoms with Crippen LogP contribution in [0.2, 0.25) is 0 Å². The maximum Gasteiger partial charge on any atom is 0.255 e. The summed E-state index contributed by atoms with van der Waals surface area (Å²) in [5.74, 6) is 1.11. The van der Waals surface area contributed by atoms with Crippen molar-refractivity contribution in [1.82, 2.24) is 0 Å². The van der Waals surface area contributed by atoms with E-state index in [4.69, 9.17) is 9.47 Å². The van der Waals surface area contributed by atoms with E-state index in [1.807, 2.05) is 26.0 Å². The van der Waals surface area contributed by atoms with Gasteiger partial charge in [-0.25, -0.2) is 0 Å². The first-order valence-electron chi connectivity index (χ1n) is 6.52. The summed E-state index contributed by atoms with van der Waals surface area (Å²) in [5.41, 5.74) is 3.40. The van der Waals surface area contributed by atoms with Crippen LogP contribution < -0.4 is 14.8 Å². The van der Waals surface area contributed by atoms with Crippen LogP contribution in [-0.2, 0) is 0 Å². The van der Waals surface area contributed by atoms with Gasteiger partial charge in [0.2, 0.25) is 6.79 Å². The molecule has 0 aliphatic carbocycles. The Morgan fingerprint density at radius 1 is 1.10 bits per heavy atom. The number of rotatable bonds is 2. The van der Waals surface area contributed by atoms with Crippen molar-refractivity contribution >= 4 is 27.5 Å². The molecule has 0 spiro atoms. The molecule has 5 heteroatoms. The minimum Gasteiger partial charge on any atom is -0.454 e. The predicted octanol–water partition coefficient (Wildman–Crippen LogP) is 4.05. The Bertz CT molecular complexity index is 704. The van der Waals surface area contributed by atoms with E-state index in [9.17, 15) is 4.79 Å². The van der Waals surface area contributed by atoms with E-state index in [2.05, 4.69) is 21.2 Å². The van der Waals surface area contributed by atoms with Gasteiger partial charge in [0, 0.05) is 15.7 Å². The van der Waals surface area contributed by atoms with Gasteiger partial charge in [-0.05, 0) is 55.3 Å². The Kier molecular flexibility index (Phi) is 3.59. The fourth-order valence-electron chi connectivity index (χ4n) is 2.33. The molecule has 1 heterocycles. The SMILES string of the molecule is Cc1cc(Br)cc(C)c1NC(=O)c1ccc2c(c1)OCO2. The number of aryl methyl sites for hydroxylation is 2. The van der Waals surface area contributed by atoms with Crippen LogP contribution in [0.3, 0.4) is 0 Å². The van der Waals surface area contributed by atoms with Gasteiger partial charge in [0.05, 0.1) is 0 Å². The summed E-state index contributed by atoms with van der Waals surface area (Å²) in [5, 5.41) is 2.96. The highest BCUT2D eigenvalue weighted by atomic mass is 79.9. The molecule has 0 bridgehead atoms. The van der Waals surface area contributed by atoms with Gasteiger partial charge < -0.3 is 14.8 Å². The number of hydrogen-bond acceptors (Lipinski definition) is 3. The third kappa shape index (κ3) is 2.74. The Balaban J connectivity index is 1.87. The number of hydrogen-bond donors (Lipinski definition) is 1. The van der Waals surface area contributed by atoms with Crippen molar-refractivity contribution in [2.45, 2.75) is 13.8 Å². The first-order valence-corrected chi connectivity index (χ1v) is 7.31. The highest BCUT2D eigenvalue weighted by Gasteiger charge is 2.17. The summed E-state index contributed by atoms with van der Waals surface area (Å²) in [7, 11) is 0. The molecule has 1 amide bonds. The molecule has 2 aromatic carbocycles. The maximum atomic E-state index is 12.4. The molecule has 0 unspecified atom stereocenters. The molecule has 0 saturated heterocycles. The Labute approximate surface area is 131 Å². The number of ether oxygens (including phenoxy) is 2. The molecule has 108 valence electrons. The van der Waals surface area contributed by atoms with Gasteiger partial charge in [-0.2, -0.15) is 0 Å². The largest absolute Gasteiger partial charge is 0.454 e. The maximum absolute atomic E-state index is 12.4. The zero-order chi connectivity index (χ0) is 15.0. The molecule has 21 heavy (non-hydrogen) atoms. The monoisotopic (exact) mass is 347 g/mol. The van der Waals surface area contributed by atoms with Crippen LogP contribution >= 0.6 is 15.9 Å². The van der Waals surface area contributed by atoms with Crippen LogP contribution in [0.25, 0.3) is 0 Å². The molecule has 1 N–H and O–H groups in total. The second kappa shape index (κ2) is 5.41. The second-order valence-electron chi connectivity index (χ2n) is 4.94. The third-order valence-electron chi connectivity index (χ3n) is 3.37. The molecule has 0 aromatic heterocycles. The van der Waals surface area contributed by atoms with Crippen molar-refractivity contribution in [2.75, 3.05) is 12.1 Å². The van der Waals surface area contributed by atoms with Crippen LogP contribution in [0.4, 0.5) is 5.69 Å². The van der Waals surface area contributed by atoms with Crippen LogP contribution in [-0.4, -0.2) is 12.7 Å². The fourth-order valence-corrected chi connectivity index (χ4v) is 3.02. The van der Waals surface area contributed by atoms with Crippen molar-refractivity contribution in [2.24, 2.45) is 0 Å². The summed E-state index contributed by atoms with van der Waals surface area (Å²) in [6.07, 6.45) is 0. The summed E-state index contributed by atoms with van der Waals surface area (Å²) in [4.78, 5) is 12.4. The van der Waals surface area contributed by atoms with Crippen molar-refractivity contribution in [3.8, 4) is 11.5 Å². The lowest BCUT2D eigenvalue weighted by atomic mass is 10.1. The lowest BCUT2D eigenvalue weighted by Crippen LogP contribution is -2.13. The third-order valence-corrected chi connectivity index (χ3v) is 3.83. The molecular weight excluding hydrogens is 334 g/mol. The van der Waals surface area contributed by atoms with Crippen molar-refractivity contribution in [3.63, 3.8) is 0 Å². The Morgan fingerprint density at radius 2 is 1.76 bits per heavy atom. The van der Waals surface area contributed by atoms with Gasteiger partial charge in [-0.1, -0.05) is 15.9 Å². The molecule has 2 aromatic rings. The molecule has 0 saturated carbocycles. The molecule has 3 rings (SSSR count). The van der Waals surface area contributed by atoms with E-state index in [1.54, 1.807) is 18.2 Å².